The first-order valence-corrected chi connectivity index (χ1v) is 7.36. The molecule has 0 saturated heterocycles. The normalized spacial score (nSPS) is 11.6. The third-order valence-corrected chi connectivity index (χ3v) is 3.03. The Morgan fingerprint density at radius 2 is 1.61 bits per heavy atom. The van der Waals surface area contributed by atoms with Crippen molar-refractivity contribution in [2.24, 2.45) is 0 Å². The highest BCUT2D eigenvalue weighted by molar-refractivity contribution is 6.52. The van der Waals surface area contributed by atoms with Gasteiger partial charge in [0, 0.05) is 0 Å². The van der Waals surface area contributed by atoms with Gasteiger partial charge in [-0.25, -0.2) is 9.78 Å². The maximum absolute atomic E-state index is 10.1. The summed E-state index contributed by atoms with van der Waals surface area (Å²) in [4.78, 5) is 19.5. The Kier molecular flexibility index (Phi) is 6.26. The number of benzene rings is 1. The lowest BCUT2D eigenvalue weighted by molar-refractivity contribution is -0.325. The summed E-state index contributed by atoms with van der Waals surface area (Å²) in [7, 11) is -4.01. The highest BCUT2D eigenvalue weighted by Gasteiger charge is 2.49. The van der Waals surface area contributed by atoms with Crippen LogP contribution in [-0.2, 0) is 18.9 Å². The smallest absolute Gasteiger partial charge is 0.478 e. The predicted octanol–water partition coefficient (Wildman–Crippen LogP) is 1.74. The molecule has 0 unspecified atom stereocenters. The molecule has 0 amide bonds. The third kappa shape index (κ3) is 4.73. The second-order valence-electron chi connectivity index (χ2n) is 3.37. The van der Waals surface area contributed by atoms with Gasteiger partial charge in [-0.3, -0.25) is 0 Å². The summed E-state index contributed by atoms with van der Waals surface area (Å²) in [5, 5.41) is 0. The van der Waals surface area contributed by atoms with Crippen molar-refractivity contribution in [2.75, 3.05) is 13.2 Å². The molecule has 0 heterocycles. The van der Waals surface area contributed by atoms with Crippen molar-refractivity contribution < 1.29 is 28.2 Å². The van der Waals surface area contributed by atoms with Gasteiger partial charge in [-0.05, 0) is 32.4 Å². The maximum Gasteiger partial charge on any atom is 0.803 e. The van der Waals surface area contributed by atoms with E-state index in [1.54, 1.807) is 26.0 Å². The van der Waals surface area contributed by atoms with Gasteiger partial charge < -0.3 is 9.22 Å². The van der Waals surface area contributed by atoms with Crippen LogP contribution < -0.4 is 4.43 Å². The van der Waals surface area contributed by atoms with Gasteiger partial charge >= 0.3 is 9.05 Å². The molecule has 0 bridgehead atoms. The Morgan fingerprint density at radius 1 is 1.06 bits per heavy atom. The first kappa shape index (κ1) is 15.1. The monoisotopic (exact) mass is 274 g/mol. The van der Waals surface area contributed by atoms with Crippen molar-refractivity contribution >= 4 is 9.05 Å². The van der Waals surface area contributed by atoms with E-state index >= 15 is 0 Å². The van der Waals surface area contributed by atoms with E-state index in [4.69, 9.17) is 13.6 Å². The van der Waals surface area contributed by atoms with Crippen LogP contribution in [0.15, 0.2) is 24.3 Å². The SMILES string of the molecule is CCOO[Si](O)(OOCC)Oc1ccccc1C. The quantitative estimate of drug-likeness (QED) is 0.442. The fraction of sp³-hybridized carbons (Fsp3) is 0.455. The van der Waals surface area contributed by atoms with Gasteiger partial charge in [0.25, 0.3) is 0 Å². The average molecular weight is 274 g/mol. The zero-order chi connectivity index (χ0) is 13.4. The lowest BCUT2D eigenvalue weighted by Crippen LogP contribution is -2.49. The highest BCUT2D eigenvalue weighted by Crippen LogP contribution is 2.21. The Bertz CT molecular complexity index is 351. The van der Waals surface area contributed by atoms with Crippen LogP contribution >= 0.6 is 0 Å². The summed E-state index contributed by atoms with van der Waals surface area (Å²) in [6, 6.07) is 7.16. The van der Waals surface area contributed by atoms with E-state index in [9.17, 15) is 4.80 Å². The third-order valence-electron chi connectivity index (χ3n) is 1.90. The fourth-order valence-corrected chi connectivity index (χ4v) is 2.26. The van der Waals surface area contributed by atoms with Gasteiger partial charge in [-0.1, -0.05) is 18.2 Å². The number of para-hydroxylation sites is 1. The van der Waals surface area contributed by atoms with Crippen LogP contribution in [-0.4, -0.2) is 27.1 Å². The van der Waals surface area contributed by atoms with E-state index in [0.717, 1.165) is 5.56 Å². The van der Waals surface area contributed by atoms with Crippen molar-refractivity contribution in [3.8, 4) is 5.75 Å². The van der Waals surface area contributed by atoms with Crippen LogP contribution in [0.3, 0.4) is 0 Å². The molecule has 7 heteroatoms. The zero-order valence-electron chi connectivity index (χ0n) is 10.7. The summed E-state index contributed by atoms with van der Waals surface area (Å²) in [6.07, 6.45) is 0. The molecule has 0 saturated carbocycles. The van der Waals surface area contributed by atoms with Crippen LogP contribution in [0.4, 0.5) is 0 Å². The van der Waals surface area contributed by atoms with Crippen molar-refractivity contribution in [3.63, 3.8) is 0 Å². The number of aryl methyl sites for hydroxylation is 1. The molecule has 0 atom stereocenters. The van der Waals surface area contributed by atoms with Crippen molar-refractivity contribution in [1.82, 2.24) is 0 Å². The minimum absolute atomic E-state index is 0.252. The van der Waals surface area contributed by atoms with E-state index in [1.807, 2.05) is 19.1 Å². The Hall–Kier alpha value is -0.963. The molecule has 0 aliphatic heterocycles. The van der Waals surface area contributed by atoms with Gasteiger partial charge in [0.05, 0.1) is 13.2 Å². The molecule has 1 rings (SSSR count). The predicted molar refractivity (Wildman–Crippen MR) is 65.2 cm³/mol. The van der Waals surface area contributed by atoms with Gasteiger partial charge in [0.1, 0.15) is 5.75 Å². The fourth-order valence-electron chi connectivity index (χ4n) is 1.12. The van der Waals surface area contributed by atoms with Gasteiger partial charge in [0.15, 0.2) is 0 Å². The van der Waals surface area contributed by atoms with Gasteiger partial charge in [-0.15, -0.1) is 0 Å². The average Bonchev–Trinajstić information content (AvgIpc) is 2.37. The molecule has 1 aromatic rings. The molecule has 102 valence electrons. The van der Waals surface area contributed by atoms with Crippen molar-refractivity contribution in [3.05, 3.63) is 29.8 Å². The highest BCUT2D eigenvalue weighted by atomic mass is 28.4. The minimum atomic E-state index is -4.01. The Labute approximate surface area is 107 Å². The van der Waals surface area contributed by atoms with Crippen LogP contribution in [0.25, 0.3) is 0 Å². The van der Waals surface area contributed by atoms with E-state index in [2.05, 4.69) is 9.78 Å². The molecule has 0 aromatic heterocycles. The van der Waals surface area contributed by atoms with E-state index < -0.39 is 9.05 Å². The molecular weight excluding hydrogens is 256 g/mol. The lowest BCUT2D eigenvalue weighted by atomic mass is 10.2. The number of hydrogen-bond donors (Lipinski definition) is 1. The van der Waals surface area contributed by atoms with Crippen LogP contribution in [0.2, 0.25) is 0 Å². The van der Waals surface area contributed by atoms with Crippen molar-refractivity contribution in [2.45, 2.75) is 20.8 Å². The standard InChI is InChI=1S/C11H18O6Si/c1-4-13-16-18(12,17-14-5-2)15-11-9-7-6-8-10(11)3/h6-9,12H,4-5H2,1-3H3. The molecule has 18 heavy (non-hydrogen) atoms. The molecule has 0 aliphatic carbocycles. The zero-order valence-corrected chi connectivity index (χ0v) is 11.7. The minimum Gasteiger partial charge on any atom is -0.478 e. The number of hydrogen-bond acceptors (Lipinski definition) is 6. The van der Waals surface area contributed by atoms with E-state index in [0.29, 0.717) is 5.75 Å². The Balaban J connectivity index is 2.73. The van der Waals surface area contributed by atoms with Crippen LogP contribution in [0.5, 0.6) is 5.75 Å². The van der Waals surface area contributed by atoms with E-state index in [1.165, 1.54) is 0 Å². The molecule has 6 nitrogen and oxygen atoms in total. The van der Waals surface area contributed by atoms with Crippen LogP contribution in [0, 0.1) is 6.92 Å². The number of rotatable bonds is 8. The molecule has 0 aliphatic rings. The summed E-state index contributed by atoms with van der Waals surface area (Å²) >= 11 is 0. The first-order valence-electron chi connectivity index (χ1n) is 5.69. The second kappa shape index (κ2) is 7.47. The summed E-state index contributed by atoms with van der Waals surface area (Å²) in [5.74, 6) is 0.450. The van der Waals surface area contributed by atoms with Crippen LogP contribution in [0.1, 0.15) is 19.4 Å². The van der Waals surface area contributed by atoms with Gasteiger partial charge in [0.2, 0.25) is 0 Å². The molecule has 0 spiro atoms. The summed E-state index contributed by atoms with van der Waals surface area (Å²) in [5.41, 5.74) is 0.837. The second-order valence-corrected chi connectivity index (χ2v) is 4.96. The summed E-state index contributed by atoms with van der Waals surface area (Å²) < 4.78 is 14.9. The molecule has 1 N–H and O–H groups in total. The molecule has 0 fully saturated rings. The summed E-state index contributed by atoms with van der Waals surface area (Å²) in [6.45, 7) is 5.77. The van der Waals surface area contributed by atoms with Crippen molar-refractivity contribution in [1.29, 1.82) is 0 Å². The Morgan fingerprint density at radius 3 is 2.11 bits per heavy atom. The molecular formula is C11H18O6Si. The first-order chi connectivity index (χ1) is 8.61. The lowest BCUT2D eigenvalue weighted by Gasteiger charge is -2.21. The topological polar surface area (TPSA) is 66.4 Å². The molecule has 0 radical (unpaired) electrons. The maximum atomic E-state index is 10.1. The van der Waals surface area contributed by atoms with E-state index in [-0.39, 0.29) is 13.2 Å². The molecule has 1 aromatic carbocycles. The largest absolute Gasteiger partial charge is 0.803 e. The van der Waals surface area contributed by atoms with Gasteiger partial charge in [-0.2, -0.15) is 9.15 Å².